The largest absolute Gasteiger partial charge is 0.495 e. The minimum Gasteiger partial charge on any atom is -0.495 e. The zero-order valence-electron chi connectivity index (χ0n) is 17.4. The lowest BCUT2D eigenvalue weighted by molar-refractivity contribution is 0.0650. The van der Waals surface area contributed by atoms with Crippen LogP contribution >= 0.6 is 0 Å². The number of Topliss-reactive ketones (excluding diaryl/α,β-unsaturated/α-hetero) is 1. The van der Waals surface area contributed by atoms with E-state index in [1.54, 1.807) is 11.0 Å². The van der Waals surface area contributed by atoms with E-state index in [9.17, 15) is 18.0 Å². The normalized spacial score (nSPS) is 15.3. The second-order valence-corrected chi connectivity index (χ2v) is 9.57. The number of ether oxygens (including phenoxy) is 1. The zero-order valence-corrected chi connectivity index (χ0v) is 18.2. The number of carbonyl (C=O) groups excluding carboxylic acids is 2. The van der Waals surface area contributed by atoms with Gasteiger partial charge in [0.25, 0.3) is 5.91 Å². The molecule has 3 rings (SSSR count). The molecule has 0 aliphatic carbocycles. The fourth-order valence-corrected chi connectivity index (χ4v) is 4.65. The van der Waals surface area contributed by atoms with Crippen molar-refractivity contribution in [2.75, 3.05) is 34.3 Å². The number of benzene rings is 2. The minimum atomic E-state index is -3.76. The van der Waals surface area contributed by atoms with Gasteiger partial charge in [-0.1, -0.05) is 30.3 Å². The molecule has 30 heavy (non-hydrogen) atoms. The second-order valence-electron chi connectivity index (χ2n) is 7.45. The first-order valence-corrected chi connectivity index (χ1v) is 11.2. The molecule has 0 radical (unpaired) electrons. The van der Waals surface area contributed by atoms with Crippen LogP contribution in [0, 0.1) is 5.92 Å². The Morgan fingerprint density at radius 3 is 2.20 bits per heavy atom. The number of likely N-dealkylation sites (tertiary alicyclic amines) is 1. The summed E-state index contributed by atoms with van der Waals surface area (Å²) in [6.07, 6.45) is 1.16. The number of sulfonamides is 1. The van der Waals surface area contributed by atoms with Crippen LogP contribution in [0.15, 0.2) is 53.4 Å². The number of nitrogens with zero attached hydrogens (tertiary/aromatic N) is 2. The first-order chi connectivity index (χ1) is 14.3. The predicted octanol–water partition coefficient (Wildman–Crippen LogP) is 2.68. The summed E-state index contributed by atoms with van der Waals surface area (Å²) in [5.74, 6) is -0.0746. The van der Waals surface area contributed by atoms with Crippen LogP contribution in [0.1, 0.15) is 33.6 Å². The highest BCUT2D eigenvalue weighted by molar-refractivity contribution is 7.89. The molecular weight excluding hydrogens is 404 g/mol. The lowest BCUT2D eigenvalue weighted by atomic mass is 9.88. The smallest absolute Gasteiger partial charge is 0.253 e. The van der Waals surface area contributed by atoms with Gasteiger partial charge >= 0.3 is 0 Å². The van der Waals surface area contributed by atoms with Gasteiger partial charge in [0, 0.05) is 44.2 Å². The lowest BCUT2D eigenvalue weighted by Crippen LogP contribution is -2.40. The summed E-state index contributed by atoms with van der Waals surface area (Å²) in [4.78, 5) is 27.3. The van der Waals surface area contributed by atoms with Crippen LogP contribution in [0.25, 0.3) is 0 Å². The van der Waals surface area contributed by atoms with Crippen molar-refractivity contribution in [3.63, 3.8) is 0 Å². The van der Waals surface area contributed by atoms with Gasteiger partial charge in [-0.15, -0.1) is 0 Å². The Balaban J connectivity index is 1.75. The van der Waals surface area contributed by atoms with Crippen LogP contribution in [0.5, 0.6) is 5.75 Å². The van der Waals surface area contributed by atoms with Crippen molar-refractivity contribution in [3.8, 4) is 5.75 Å². The molecule has 2 aromatic rings. The lowest BCUT2D eigenvalue weighted by Gasteiger charge is -2.31. The van der Waals surface area contributed by atoms with E-state index in [1.807, 2.05) is 30.3 Å². The summed E-state index contributed by atoms with van der Waals surface area (Å²) in [7, 11) is 0.482. The Labute approximate surface area is 177 Å². The van der Waals surface area contributed by atoms with Gasteiger partial charge in [0.15, 0.2) is 5.78 Å². The summed E-state index contributed by atoms with van der Waals surface area (Å²) < 4.78 is 31.5. The van der Waals surface area contributed by atoms with Gasteiger partial charge in [-0.2, -0.15) is 0 Å². The van der Waals surface area contributed by atoms with E-state index in [0.717, 1.165) is 4.31 Å². The fourth-order valence-electron chi connectivity index (χ4n) is 3.57. The van der Waals surface area contributed by atoms with Crippen molar-refractivity contribution in [2.24, 2.45) is 5.92 Å². The van der Waals surface area contributed by atoms with E-state index in [4.69, 9.17) is 4.74 Å². The Morgan fingerprint density at radius 1 is 1.00 bits per heavy atom. The van der Waals surface area contributed by atoms with Crippen LogP contribution in [-0.2, 0) is 10.0 Å². The van der Waals surface area contributed by atoms with Crippen molar-refractivity contribution in [3.05, 3.63) is 59.7 Å². The minimum absolute atomic E-state index is 0.0463. The van der Waals surface area contributed by atoms with Crippen LogP contribution in [0.3, 0.4) is 0 Å². The average molecular weight is 431 g/mol. The zero-order chi connectivity index (χ0) is 21.9. The Morgan fingerprint density at radius 2 is 1.63 bits per heavy atom. The van der Waals surface area contributed by atoms with Crippen LogP contribution in [0.2, 0.25) is 0 Å². The van der Waals surface area contributed by atoms with Gasteiger partial charge in [-0.05, 0) is 31.0 Å². The molecule has 0 bridgehead atoms. The number of carbonyl (C=O) groups is 2. The van der Waals surface area contributed by atoms with Gasteiger partial charge in [0.05, 0.1) is 7.11 Å². The molecule has 0 saturated carbocycles. The summed E-state index contributed by atoms with van der Waals surface area (Å²) in [6, 6.07) is 13.6. The summed E-state index contributed by atoms with van der Waals surface area (Å²) in [6.45, 7) is 0.897. The van der Waals surface area contributed by atoms with Crippen molar-refractivity contribution < 1.29 is 22.7 Å². The molecular formula is C22H26N2O5S. The Hall–Kier alpha value is -2.71. The molecule has 0 aromatic heterocycles. The average Bonchev–Trinajstić information content (AvgIpc) is 2.78. The number of amides is 1. The maximum absolute atomic E-state index is 13.0. The molecule has 160 valence electrons. The highest BCUT2D eigenvalue weighted by Gasteiger charge is 2.30. The van der Waals surface area contributed by atoms with Crippen molar-refractivity contribution in [2.45, 2.75) is 17.7 Å². The highest BCUT2D eigenvalue weighted by Crippen LogP contribution is 2.28. The molecule has 1 aliphatic heterocycles. The van der Waals surface area contributed by atoms with Crippen molar-refractivity contribution in [1.82, 2.24) is 9.21 Å². The maximum atomic E-state index is 13.0. The molecule has 0 N–H and O–H groups in total. The number of ketones is 1. The third-order valence-corrected chi connectivity index (χ3v) is 7.22. The topological polar surface area (TPSA) is 84.0 Å². The van der Waals surface area contributed by atoms with Crippen LogP contribution < -0.4 is 4.74 Å². The number of piperidine rings is 1. The van der Waals surface area contributed by atoms with Gasteiger partial charge in [0.2, 0.25) is 10.0 Å². The molecule has 2 aromatic carbocycles. The second kappa shape index (κ2) is 8.97. The van der Waals surface area contributed by atoms with Gasteiger partial charge in [0.1, 0.15) is 10.6 Å². The van der Waals surface area contributed by atoms with Crippen molar-refractivity contribution in [1.29, 1.82) is 0 Å². The molecule has 1 aliphatic rings. The van der Waals surface area contributed by atoms with E-state index in [-0.39, 0.29) is 33.8 Å². The van der Waals surface area contributed by atoms with Gasteiger partial charge < -0.3 is 9.64 Å². The number of hydrogen-bond acceptors (Lipinski definition) is 5. The summed E-state index contributed by atoms with van der Waals surface area (Å²) in [5.41, 5.74) is 0.972. The van der Waals surface area contributed by atoms with Crippen LogP contribution in [-0.4, -0.2) is 63.6 Å². The predicted molar refractivity (Wildman–Crippen MR) is 113 cm³/mol. The molecule has 0 unspecified atom stereocenters. The molecule has 1 saturated heterocycles. The highest BCUT2D eigenvalue weighted by atomic mass is 32.2. The van der Waals surface area contributed by atoms with E-state index in [0.29, 0.717) is 31.5 Å². The Kier molecular flexibility index (Phi) is 6.58. The molecule has 1 fully saturated rings. The van der Waals surface area contributed by atoms with Gasteiger partial charge in [-0.25, -0.2) is 12.7 Å². The standard InChI is InChI=1S/C22H26N2O5S/c1-23(2)30(27,28)20-15-18(9-10-19(20)29-3)22(26)24-13-11-17(12-14-24)21(25)16-7-5-4-6-8-16/h4-10,15,17H,11-14H2,1-3H3. The molecule has 1 heterocycles. The molecule has 7 nitrogen and oxygen atoms in total. The van der Waals surface area contributed by atoms with Crippen LogP contribution in [0.4, 0.5) is 0 Å². The number of methoxy groups -OCH3 is 1. The quantitative estimate of drug-likeness (QED) is 0.658. The summed E-state index contributed by atoms with van der Waals surface area (Å²) in [5, 5.41) is 0. The van der Waals surface area contributed by atoms with Crippen molar-refractivity contribution >= 4 is 21.7 Å². The summed E-state index contributed by atoms with van der Waals surface area (Å²) >= 11 is 0. The number of hydrogen-bond donors (Lipinski definition) is 0. The first-order valence-electron chi connectivity index (χ1n) is 9.75. The molecule has 8 heteroatoms. The SMILES string of the molecule is COc1ccc(C(=O)N2CCC(C(=O)c3ccccc3)CC2)cc1S(=O)(=O)N(C)C. The number of rotatable bonds is 6. The molecule has 0 atom stereocenters. The van der Waals surface area contributed by atoms with E-state index in [2.05, 4.69) is 0 Å². The maximum Gasteiger partial charge on any atom is 0.253 e. The van der Waals surface area contributed by atoms with E-state index in [1.165, 1.54) is 33.3 Å². The molecule has 1 amide bonds. The fraction of sp³-hybridized carbons (Fsp3) is 0.364. The first kappa shape index (κ1) is 22.0. The van der Waals surface area contributed by atoms with E-state index < -0.39 is 10.0 Å². The van der Waals surface area contributed by atoms with Gasteiger partial charge in [-0.3, -0.25) is 9.59 Å². The third-order valence-electron chi connectivity index (χ3n) is 5.38. The molecule has 0 spiro atoms. The monoisotopic (exact) mass is 430 g/mol. The van der Waals surface area contributed by atoms with E-state index >= 15 is 0 Å². The Bertz CT molecular complexity index is 1030. The third kappa shape index (κ3) is 4.39.